The molecule has 0 spiro atoms. The molecular formula is C15H17N5O2S. The molecular weight excluding hydrogens is 314 g/mol. The van der Waals surface area contributed by atoms with Gasteiger partial charge in [-0.1, -0.05) is 37.7 Å². The Morgan fingerprint density at radius 1 is 1.13 bits per heavy atom. The second kappa shape index (κ2) is 5.77. The van der Waals surface area contributed by atoms with E-state index in [9.17, 15) is 9.59 Å². The van der Waals surface area contributed by atoms with Gasteiger partial charge >= 0.3 is 0 Å². The molecule has 120 valence electrons. The van der Waals surface area contributed by atoms with Gasteiger partial charge in [-0.3, -0.25) is 14.5 Å². The van der Waals surface area contributed by atoms with Crippen LogP contribution >= 0.6 is 11.8 Å². The molecule has 0 N–H and O–H groups in total. The topological polar surface area (TPSA) is 81.0 Å². The van der Waals surface area contributed by atoms with Crippen molar-refractivity contribution in [2.45, 2.75) is 19.0 Å². The molecule has 7 nitrogen and oxygen atoms in total. The quantitative estimate of drug-likeness (QED) is 0.612. The number of nitrogens with zero attached hydrogens (tertiary/aromatic N) is 5. The van der Waals surface area contributed by atoms with E-state index >= 15 is 0 Å². The van der Waals surface area contributed by atoms with Gasteiger partial charge < -0.3 is 0 Å². The number of thioether (sulfide) groups is 1. The van der Waals surface area contributed by atoms with Gasteiger partial charge in [0, 0.05) is 19.3 Å². The van der Waals surface area contributed by atoms with Gasteiger partial charge in [-0.2, -0.15) is 0 Å². The maximum atomic E-state index is 12.4. The van der Waals surface area contributed by atoms with Gasteiger partial charge in [-0.25, -0.2) is 4.68 Å². The van der Waals surface area contributed by atoms with Gasteiger partial charge in [0.1, 0.15) is 0 Å². The highest BCUT2D eigenvalue weighted by Crippen LogP contribution is 2.30. The standard InChI is InChI=1S/C15H17N5O2S/c1-15(2,9-23-14-16-17-18-19(14)3)8-20-12(21)10-6-4-5-7-11(10)13(20)22/h4-7H,8-9H2,1-3H3. The van der Waals surface area contributed by atoms with Crippen molar-refractivity contribution in [1.82, 2.24) is 25.1 Å². The highest BCUT2D eigenvalue weighted by Gasteiger charge is 2.38. The van der Waals surface area contributed by atoms with E-state index in [-0.39, 0.29) is 17.2 Å². The number of tetrazole rings is 1. The molecule has 0 aliphatic carbocycles. The van der Waals surface area contributed by atoms with Crippen molar-refractivity contribution >= 4 is 23.6 Å². The molecule has 2 heterocycles. The normalized spacial score (nSPS) is 14.5. The fourth-order valence-corrected chi connectivity index (χ4v) is 3.39. The summed E-state index contributed by atoms with van der Waals surface area (Å²) in [5.41, 5.74) is 0.709. The molecule has 3 rings (SSSR count). The van der Waals surface area contributed by atoms with E-state index in [0.29, 0.717) is 28.6 Å². The van der Waals surface area contributed by atoms with Crippen LogP contribution in [0.2, 0.25) is 0 Å². The molecule has 0 fully saturated rings. The van der Waals surface area contributed by atoms with E-state index < -0.39 is 0 Å². The number of carbonyl (C=O) groups excluding carboxylic acids is 2. The Hall–Kier alpha value is -2.22. The Kier molecular flexibility index (Phi) is 3.93. The zero-order valence-electron chi connectivity index (χ0n) is 13.2. The van der Waals surface area contributed by atoms with Gasteiger partial charge in [0.25, 0.3) is 11.8 Å². The molecule has 1 aromatic carbocycles. The minimum absolute atomic E-state index is 0.219. The first kappa shape index (κ1) is 15.7. The molecule has 23 heavy (non-hydrogen) atoms. The van der Waals surface area contributed by atoms with E-state index in [1.165, 1.54) is 16.7 Å². The van der Waals surface area contributed by atoms with Crippen molar-refractivity contribution in [3.8, 4) is 0 Å². The first-order chi connectivity index (χ1) is 10.9. The Morgan fingerprint density at radius 2 is 1.74 bits per heavy atom. The summed E-state index contributed by atoms with van der Waals surface area (Å²) in [6, 6.07) is 6.94. The van der Waals surface area contributed by atoms with Gasteiger partial charge in [0.05, 0.1) is 11.1 Å². The third-order valence-corrected chi connectivity index (χ3v) is 5.17. The lowest BCUT2D eigenvalue weighted by atomic mass is 9.95. The maximum Gasteiger partial charge on any atom is 0.261 e. The third-order valence-electron chi connectivity index (χ3n) is 3.64. The summed E-state index contributed by atoms with van der Waals surface area (Å²) in [6.45, 7) is 4.40. The van der Waals surface area contributed by atoms with Crippen LogP contribution in [0.5, 0.6) is 0 Å². The second-order valence-electron chi connectivity index (χ2n) is 6.28. The molecule has 1 aliphatic rings. The summed E-state index contributed by atoms with van der Waals surface area (Å²) < 4.78 is 1.60. The van der Waals surface area contributed by atoms with Gasteiger partial charge in [0.15, 0.2) is 0 Å². The average Bonchev–Trinajstić information content (AvgIpc) is 3.03. The lowest BCUT2D eigenvalue weighted by molar-refractivity contribution is 0.0602. The minimum Gasteiger partial charge on any atom is -0.274 e. The van der Waals surface area contributed by atoms with Crippen LogP contribution in [0.25, 0.3) is 0 Å². The van der Waals surface area contributed by atoms with E-state index in [1.54, 1.807) is 36.0 Å². The minimum atomic E-state index is -0.260. The maximum absolute atomic E-state index is 12.4. The molecule has 0 bridgehead atoms. The van der Waals surface area contributed by atoms with Crippen LogP contribution in [0.1, 0.15) is 34.6 Å². The van der Waals surface area contributed by atoms with Gasteiger partial charge in [-0.15, -0.1) is 5.10 Å². The van der Waals surface area contributed by atoms with E-state index in [2.05, 4.69) is 15.5 Å². The Morgan fingerprint density at radius 3 is 2.26 bits per heavy atom. The predicted molar refractivity (Wildman–Crippen MR) is 85.1 cm³/mol. The fraction of sp³-hybridized carbons (Fsp3) is 0.400. The fourth-order valence-electron chi connectivity index (χ4n) is 2.46. The number of carbonyl (C=O) groups is 2. The molecule has 1 aromatic heterocycles. The van der Waals surface area contributed by atoms with Crippen LogP contribution in [0.4, 0.5) is 0 Å². The van der Waals surface area contributed by atoms with Crippen molar-refractivity contribution in [3.63, 3.8) is 0 Å². The summed E-state index contributed by atoms with van der Waals surface area (Å²) >= 11 is 1.51. The molecule has 2 aromatic rings. The first-order valence-corrected chi connectivity index (χ1v) is 8.18. The molecule has 8 heteroatoms. The zero-order valence-corrected chi connectivity index (χ0v) is 14.0. The smallest absolute Gasteiger partial charge is 0.261 e. The Balaban J connectivity index is 1.70. The highest BCUT2D eigenvalue weighted by atomic mass is 32.2. The molecule has 2 amide bonds. The van der Waals surface area contributed by atoms with Crippen LogP contribution in [-0.4, -0.2) is 49.2 Å². The number of hydrogen-bond donors (Lipinski definition) is 0. The van der Waals surface area contributed by atoms with Crippen molar-refractivity contribution in [2.75, 3.05) is 12.3 Å². The summed E-state index contributed by atoms with van der Waals surface area (Å²) in [7, 11) is 1.78. The Bertz CT molecular complexity index is 736. The number of amides is 2. The lowest BCUT2D eigenvalue weighted by Crippen LogP contribution is -2.39. The SMILES string of the molecule is Cn1nnnc1SCC(C)(C)CN1C(=O)c2ccccc2C1=O. The van der Waals surface area contributed by atoms with Crippen LogP contribution in [0, 0.1) is 5.41 Å². The van der Waals surface area contributed by atoms with Crippen LogP contribution in [0.3, 0.4) is 0 Å². The number of aryl methyl sites for hydroxylation is 1. The van der Waals surface area contributed by atoms with Crippen molar-refractivity contribution in [1.29, 1.82) is 0 Å². The summed E-state index contributed by atoms with van der Waals surface area (Å²) in [5, 5.41) is 12.0. The highest BCUT2D eigenvalue weighted by molar-refractivity contribution is 7.99. The Labute approximate surface area is 138 Å². The lowest BCUT2D eigenvalue weighted by Gasteiger charge is -2.28. The number of benzene rings is 1. The van der Waals surface area contributed by atoms with E-state index in [0.717, 1.165) is 0 Å². The van der Waals surface area contributed by atoms with E-state index in [4.69, 9.17) is 0 Å². The molecule has 1 aliphatic heterocycles. The van der Waals surface area contributed by atoms with Crippen LogP contribution < -0.4 is 0 Å². The zero-order chi connectivity index (χ0) is 16.6. The largest absolute Gasteiger partial charge is 0.274 e. The summed E-state index contributed by atoms with van der Waals surface area (Å²) in [5.74, 6) is 0.252. The van der Waals surface area contributed by atoms with Crippen molar-refractivity contribution in [3.05, 3.63) is 35.4 Å². The molecule has 0 radical (unpaired) electrons. The first-order valence-electron chi connectivity index (χ1n) is 7.19. The molecule has 0 unspecified atom stereocenters. The predicted octanol–water partition coefficient (Wildman–Crippen LogP) is 1.62. The number of rotatable bonds is 5. The van der Waals surface area contributed by atoms with Gasteiger partial charge in [-0.05, 0) is 28.0 Å². The monoisotopic (exact) mass is 331 g/mol. The third kappa shape index (κ3) is 2.98. The molecule has 0 saturated heterocycles. The number of imide groups is 1. The number of aromatic nitrogens is 4. The van der Waals surface area contributed by atoms with Crippen molar-refractivity contribution < 1.29 is 9.59 Å². The second-order valence-corrected chi connectivity index (χ2v) is 7.22. The van der Waals surface area contributed by atoms with Crippen LogP contribution in [0.15, 0.2) is 29.4 Å². The average molecular weight is 331 g/mol. The van der Waals surface area contributed by atoms with Gasteiger partial charge in [0.2, 0.25) is 5.16 Å². The summed E-state index contributed by atoms with van der Waals surface area (Å²) in [4.78, 5) is 26.2. The van der Waals surface area contributed by atoms with Crippen LogP contribution in [-0.2, 0) is 7.05 Å². The van der Waals surface area contributed by atoms with E-state index in [1.807, 2.05) is 13.8 Å². The van der Waals surface area contributed by atoms with Crippen molar-refractivity contribution in [2.24, 2.45) is 12.5 Å². The molecule has 0 saturated carbocycles. The summed E-state index contributed by atoms with van der Waals surface area (Å²) in [6.07, 6.45) is 0. The number of hydrogen-bond acceptors (Lipinski definition) is 6. The number of fused-ring (bicyclic) bond motifs is 1. The molecule has 0 atom stereocenters.